The third-order valence-electron chi connectivity index (χ3n) is 4.00. The van der Waals surface area contributed by atoms with Crippen LogP contribution in [0.4, 0.5) is 0 Å². The minimum atomic E-state index is -0.695. The smallest absolute Gasteiger partial charge is 0.306 e. The molecule has 0 radical (unpaired) electrons. The molecule has 0 aromatic heterocycles. The molecule has 0 aliphatic carbocycles. The van der Waals surface area contributed by atoms with Crippen LogP contribution in [0, 0.1) is 15.4 Å². The summed E-state index contributed by atoms with van der Waals surface area (Å²) in [5.74, 6) is -1.28. The Hall–Kier alpha value is -1.64. The normalized spacial score (nSPS) is 13.0. The van der Waals surface area contributed by atoms with E-state index in [0.717, 1.165) is 9.13 Å². The van der Waals surface area contributed by atoms with Crippen LogP contribution in [0.1, 0.15) is 32.3 Å². The first kappa shape index (κ1) is 22.4. The summed E-state index contributed by atoms with van der Waals surface area (Å²) in [5, 5.41) is 5.39. The Balaban J connectivity index is 2.88. The van der Waals surface area contributed by atoms with Crippen molar-refractivity contribution < 1.29 is 19.1 Å². The quantitative estimate of drug-likeness (QED) is 0.425. The van der Waals surface area contributed by atoms with E-state index in [-0.39, 0.29) is 24.2 Å². The van der Waals surface area contributed by atoms with E-state index in [0.29, 0.717) is 12.8 Å². The molecule has 6 nitrogen and oxygen atoms in total. The summed E-state index contributed by atoms with van der Waals surface area (Å²) < 4.78 is 5.79. The maximum Gasteiger partial charge on any atom is 0.306 e. The zero-order valence-electron chi connectivity index (χ0n) is 15.7. The largest absolute Gasteiger partial charge is 0.469 e. The molecular formula is C19H27IN2O4. The average Bonchev–Trinajstić information content (AvgIpc) is 2.61. The molecule has 0 spiro atoms. The number of carbonyl (C=O) groups excluding carboxylic acids is 3. The van der Waals surface area contributed by atoms with Gasteiger partial charge in [0.05, 0.1) is 13.5 Å². The Labute approximate surface area is 168 Å². The topological polar surface area (TPSA) is 84.5 Å². The third kappa shape index (κ3) is 7.72. The molecule has 0 unspecified atom stereocenters. The van der Waals surface area contributed by atoms with Gasteiger partial charge in [0.15, 0.2) is 0 Å². The van der Waals surface area contributed by atoms with Gasteiger partial charge in [0, 0.05) is 23.0 Å². The van der Waals surface area contributed by atoms with E-state index in [9.17, 15) is 14.4 Å². The number of amides is 2. The van der Waals surface area contributed by atoms with Gasteiger partial charge in [-0.3, -0.25) is 14.4 Å². The standard InChI is InChI=1S/C19H27IN2O4/c1-12(2)9-14(11-17(23)26-4)18(24)22-16(19(25)21-3)10-13-5-7-15(20)8-6-13/h5-8,12,14,16H,9-11H2,1-4H3,(H,21,25)(H,22,24)/t14-,16+/m1/s1. The van der Waals surface area contributed by atoms with Gasteiger partial charge in [-0.25, -0.2) is 0 Å². The van der Waals surface area contributed by atoms with E-state index in [1.807, 2.05) is 38.1 Å². The van der Waals surface area contributed by atoms with Crippen molar-refractivity contribution in [2.24, 2.45) is 11.8 Å². The number of likely N-dealkylation sites (N-methyl/N-ethyl adjacent to an activating group) is 1. The van der Waals surface area contributed by atoms with Crippen LogP contribution in [0.15, 0.2) is 24.3 Å². The van der Waals surface area contributed by atoms with Crippen LogP contribution in [0.5, 0.6) is 0 Å². The van der Waals surface area contributed by atoms with Crippen LogP contribution in [-0.4, -0.2) is 38.0 Å². The predicted molar refractivity (Wildman–Crippen MR) is 108 cm³/mol. The lowest BCUT2D eigenvalue weighted by molar-refractivity contribution is -0.144. The Kier molecular flexibility index (Phi) is 9.61. The Morgan fingerprint density at radius 2 is 1.73 bits per heavy atom. The molecule has 0 bridgehead atoms. The molecule has 7 heteroatoms. The SMILES string of the molecule is CNC(=O)[C@H](Cc1ccc(I)cc1)NC(=O)[C@@H](CC(=O)OC)CC(C)C. The van der Waals surface area contributed by atoms with Crippen molar-refractivity contribution in [3.8, 4) is 0 Å². The van der Waals surface area contributed by atoms with Gasteiger partial charge in [0.25, 0.3) is 0 Å². The minimum absolute atomic E-state index is 0.00447. The second kappa shape index (κ2) is 11.2. The maximum atomic E-state index is 12.7. The highest BCUT2D eigenvalue weighted by Crippen LogP contribution is 2.17. The van der Waals surface area contributed by atoms with Crippen LogP contribution in [0.3, 0.4) is 0 Å². The van der Waals surface area contributed by atoms with Crippen LogP contribution >= 0.6 is 22.6 Å². The van der Waals surface area contributed by atoms with Gasteiger partial charge in [0.2, 0.25) is 11.8 Å². The van der Waals surface area contributed by atoms with Gasteiger partial charge in [0.1, 0.15) is 6.04 Å². The Morgan fingerprint density at radius 1 is 1.12 bits per heavy atom. The van der Waals surface area contributed by atoms with E-state index >= 15 is 0 Å². The minimum Gasteiger partial charge on any atom is -0.469 e. The number of hydrogen-bond acceptors (Lipinski definition) is 4. The van der Waals surface area contributed by atoms with Crippen molar-refractivity contribution in [1.29, 1.82) is 0 Å². The zero-order valence-corrected chi connectivity index (χ0v) is 17.8. The summed E-state index contributed by atoms with van der Waals surface area (Å²) in [6.07, 6.45) is 0.935. The average molecular weight is 474 g/mol. The van der Waals surface area contributed by atoms with Crippen molar-refractivity contribution in [2.45, 2.75) is 39.2 Å². The summed E-state index contributed by atoms with van der Waals surface area (Å²) in [7, 11) is 2.84. The maximum absolute atomic E-state index is 12.7. The molecule has 2 atom stereocenters. The molecule has 0 saturated carbocycles. The van der Waals surface area contributed by atoms with Gasteiger partial charge in [-0.05, 0) is 52.6 Å². The molecule has 144 valence electrons. The lowest BCUT2D eigenvalue weighted by Gasteiger charge is -2.22. The summed E-state index contributed by atoms with van der Waals surface area (Å²) >= 11 is 2.21. The molecule has 26 heavy (non-hydrogen) atoms. The summed E-state index contributed by atoms with van der Waals surface area (Å²) in [6.45, 7) is 3.97. The molecule has 0 aliphatic rings. The number of carbonyl (C=O) groups is 3. The number of rotatable bonds is 9. The van der Waals surface area contributed by atoms with Crippen molar-refractivity contribution in [1.82, 2.24) is 10.6 Å². The van der Waals surface area contributed by atoms with Gasteiger partial charge < -0.3 is 15.4 Å². The fraction of sp³-hybridized carbons (Fsp3) is 0.526. The van der Waals surface area contributed by atoms with Crippen molar-refractivity contribution >= 4 is 40.4 Å². The number of methoxy groups -OCH3 is 1. The summed E-state index contributed by atoms with van der Waals surface area (Å²) in [5.41, 5.74) is 0.952. The highest BCUT2D eigenvalue weighted by molar-refractivity contribution is 14.1. The summed E-state index contributed by atoms with van der Waals surface area (Å²) in [6, 6.07) is 7.09. The first-order chi connectivity index (χ1) is 12.3. The second-order valence-corrected chi connectivity index (χ2v) is 7.86. The molecule has 0 aliphatic heterocycles. The predicted octanol–water partition coefficient (Wildman–Crippen LogP) is 2.29. The lowest BCUT2D eigenvalue weighted by Crippen LogP contribution is -2.49. The number of halogens is 1. The first-order valence-corrected chi connectivity index (χ1v) is 9.67. The van der Waals surface area contributed by atoms with Gasteiger partial charge in [-0.1, -0.05) is 26.0 Å². The fourth-order valence-corrected chi connectivity index (χ4v) is 3.03. The van der Waals surface area contributed by atoms with Crippen molar-refractivity contribution in [2.75, 3.05) is 14.2 Å². The molecular weight excluding hydrogens is 447 g/mol. The molecule has 0 heterocycles. The van der Waals surface area contributed by atoms with E-state index in [4.69, 9.17) is 4.74 Å². The Morgan fingerprint density at radius 3 is 2.23 bits per heavy atom. The molecule has 1 aromatic carbocycles. The van der Waals surface area contributed by atoms with Gasteiger partial charge in [-0.15, -0.1) is 0 Å². The van der Waals surface area contributed by atoms with Crippen LogP contribution in [0.2, 0.25) is 0 Å². The monoisotopic (exact) mass is 474 g/mol. The number of hydrogen-bond donors (Lipinski definition) is 2. The molecule has 1 rings (SSSR count). The highest BCUT2D eigenvalue weighted by atomic mass is 127. The van der Waals surface area contributed by atoms with E-state index in [2.05, 4.69) is 33.2 Å². The number of benzene rings is 1. The van der Waals surface area contributed by atoms with Crippen LogP contribution in [-0.2, 0) is 25.5 Å². The van der Waals surface area contributed by atoms with E-state index in [1.54, 1.807) is 0 Å². The first-order valence-electron chi connectivity index (χ1n) is 8.60. The number of nitrogens with one attached hydrogen (secondary N) is 2. The van der Waals surface area contributed by atoms with Crippen molar-refractivity contribution in [3.63, 3.8) is 0 Å². The molecule has 0 fully saturated rings. The number of ether oxygens (including phenoxy) is 1. The lowest BCUT2D eigenvalue weighted by atomic mass is 9.92. The molecule has 2 amide bonds. The molecule has 1 aromatic rings. The number of esters is 1. The summed E-state index contributed by atoms with van der Waals surface area (Å²) in [4.78, 5) is 36.6. The fourth-order valence-electron chi connectivity index (χ4n) is 2.67. The Bertz CT molecular complexity index is 616. The second-order valence-electron chi connectivity index (χ2n) is 6.61. The van der Waals surface area contributed by atoms with E-state index < -0.39 is 17.9 Å². The highest BCUT2D eigenvalue weighted by Gasteiger charge is 2.28. The third-order valence-corrected chi connectivity index (χ3v) is 4.72. The van der Waals surface area contributed by atoms with E-state index in [1.165, 1.54) is 14.2 Å². The molecule has 0 saturated heterocycles. The zero-order chi connectivity index (χ0) is 19.7. The van der Waals surface area contributed by atoms with Crippen LogP contribution in [0.25, 0.3) is 0 Å². The van der Waals surface area contributed by atoms with Gasteiger partial charge in [-0.2, -0.15) is 0 Å². The van der Waals surface area contributed by atoms with Gasteiger partial charge >= 0.3 is 5.97 Å². The van der Waals surface area contributed by atoms with Crippen LogP contribution < -0.4 is 10.6 Å². The van der Waals surface area contributed by atoms with Crippen molar-refractivity contribution in [3.05, 3.63) is 33.4 Å². The molecule has 2 N–H and O–H groups in total.